The molecule has 152 valence electrons. The van der Waals surface area contributed by atoms with Gasteiger partial charge in [-0.05, 0) is 82.3 Å². The largest absolute Gasteiger partial charge is 0.300 e. The van der Waals surface area contributed by atoms with Gasteiger partial charge in [0.15, 0.2) is 0 Å². The lowest BCUT2D eigenvalue weighted by Gasteiger charge is -2.20. The van der Waals surface area contributed by atoms with E-state index in [-0.39, 0.29) is 0 Å². The topological polar surface area (TPSA) is 49.4 Å². The van der Waals surface area contributed by atoms with Crippen LogP contribution in [-0.4, -0.2) is 38.0 Å². The molecule has 0 spiro atoms. The fourth-order valence-corrected chi connectivity index (χ4v) is 5.17. The van der Waals surface area contributed by atoms with E-state index in [0.29, 0.717) is 10.9 Å². The predicted molar refractivity (Wildman–Crippen MR) is 116 cm³/mol. The predicted octanol–water partition coefficient (Wildman–Crippen LogP) is 4.46. The van der Waals surface area contributed by atoms with Crippen molar-refractivity contribution in [2.75, 3.05) is 13.1 Å². The Hall–Kier alpha value is -1.69. The summed E-state index contributed by atoms with van der Waals surface area (Å²) >= 11 is 0. The number of hydrogen-bond donors (Lipinski definition) is 1. The molecule has 0 aliphatic carbocycles. The van der Waals surface area contributed by atoms with E-state index in [0.717, 1.165) is 24.1 Å². The van der Waals surface area contributed by atoms with Crippen molar-refractivity contribution in [1.82, 2.24) is 9.62 Å². The minimum atomic E-state index is -3.50. The highest BCUT2D eigenvalue weighted by Crippen LogP contribution is 2.23. The third-order valence-corrected chi connectivity index (χ3v) is 7.04. The molecule has 5 heteroatoms. The summed E-state index contributed by atoms with van der Waals surface area (Å²) in [5, 5.41) is 0. The fraction of sp³-hybridized carbons (Fsp3) is 0.478. The van der Waals surface area contributed by atoms with Crippen LogP contribution < -0.4 is 4.72 Å². The average Bonchev–Trinajstić information content (AvgIpc) is 3.03. The SMILES string of the molecule is C[C@@H]1CCCN1CCc1ccc(-c2ccc(S(=O)(=O)NC(C)(C)C)cc2)cc1. The lowest BCUT2D eigenvalue weighted by Crippen LogP contribution is -2.40. The van der Waals surface area contributed by atoms with Gasteiger partial charge in [0.05, 0.1) is 4.90 Å². The summed E-state index contributed by atoms with van der Waals surface area (Å²) in [6.07, 6.45) is 3.70. The number of likely N-dealkylation sites (tertiary alicyclic amines) is 1. The molecule has 28 heavy (non-hydrogen) atoms. The first-order valence-corrected chi connectivity index (χ1v) is 11.6. The minimum Gasteiger partial charge on any atom is -0.300 e. The minimum absolute atomic E-state index is 0.294. The summed E-state index contributed by atoms with van der Waals surface area (Å²) < 4.78 is 27.5. The second-order valence-corrected chi connectivity index (χ2v) is 10.5. The first kappa shape index (κ1) is 21.0. The number of nitrogens with one attached hydrogen (secondary N) is 1. The Labute approximate surface area is 170 Å². The highest BCUT2D eigenvalue weighted by atomic mass is 32.2. The van der Waals surface area contributed by atoms with Gasteiger partial charge < -0.3 is 4.90 Å². The van der Waals surface area contributed by atoms with Crippen molar-refractivity contribution >= 4 is 10.0 Å². The number of nitrogens with zero attached hydrogens (tertiary/aromatic N) is 1. The van der Waals surface area contributed by atoms with Crippen LogP contribution in [0.2, 0.25) is 0 Å². The van der Waals surface area contributed by atoms with Gasteiger partial charge in [-0.25, -0.2) is 13.1 Å². The molecule has 0 amide bonds. The average molecular weight is 401 g/mol. The normalized spacial score (nSPS) is 18.5. The summed E-state index contributed by atoms with van der Waals surface area (Å²) in [6.45, 7) is 10.2. The number of benzene rings is 2. The van der Waals surface area contributed by atoms with Crippen molar-refractivity contribution in [1.29, 1.82) is 0 Å². The Balaban J connectivity index is 1.65. The highest BCUT2D eigenvalue weighted by molar-refractivity contribution is 7.89. The van der Waals surface area contributed by atoms with Crippen LogP contribution in [0.25, 0.3) is 11.1 Å². The van der Waals surface area contributed by atoms with Crippen LogP contribution >= 0.6 is 0 Å². The van der Waals surface area contributed by atoms with Gasteiger partial charge in [0.1, 0.15) is 0 Å². The maximum atomic E-state index is 12.4. The van der Waals surface area contributed by atoms with Gasteiger partial charge in [-0.3, -0.25) is 0 Å². The van der Waals surface area contributed by atoms with E-state index in [1.54, 1.807) is 12.1 Å². The van der Waals surface area contributed by atoms with Crippen molar-refractivity contribution in [2.24, 2.45) is 0 Å². The number of sulfonamides is 1. The quantitative estimate of drug-likeness (QED) is 0.779. The molecule has 1 N–H and O–H groups in total. The Morgan fingerprint density at radius 1 is 1.00 bits per heavy atom. The van der Waals surface area contributed by atoms with E-state index in [4.69, 9.17) is 0 Å². The van der Waals surface area contributed by atoms with Crippen molar-refractivity contribution in [2.45, 2.75) is 63.4 Å². The molecule has 1 heterocycles. The van der Waals surface area contributed by atoms with Crippen LogP contribution in [0.15, 0.2) is 53.4 Å². The third-order valence-electron chi connectivity index (χ3n) is 5.27. The van der Waals surface area contributed by atoms with E-state index in [1.165, 1.54) is 24.9 Å². The molecule has 1 fully saturated rings. The van der Waals surface area contributed by atoms with Crippen LogP contribution in [0.4, 0.5) is 0 Å². The molecule has 4 nitrogen and oxygen atoms in total. The monoisotopic (exact) mass is 400 g/mol. The van der Waals surface area contributed by atoms with Gasteiger partial charge in [0.25, 0.3) is 0 Å². The third kappa shape index (κ3) is 5.43. The van der Waals surface area contributed by atoms with Crippen LogP contribution in [0.5, 0.6) is 0 Å². The molecule has 3 rings (SSSR count). The second-order valence-electron chi connectivity index (χ2n) is 8.85. The molecule has 0 bridgehead atoms. The zero-order valence-electron chi connectivity index (χ0n) is 17.4. The summed E-state index contributed by atoms with van der Waals surface area (Å²) in [5.41, 5.74) is 2.97. The molecule has 0 unspecified atom stereocenters. The number of hydrogen-bond acceptors (Lipinski definition) is 3. The van der Waals surface area contributed by atoms with E-state index in [1.807, 2.05) is 32.9 Å². The summed E-state index contributed by atoms with van der Waals surface area (Å²) in [5.74, 6) is 0. The molecule has 1 saturated heterocycles. The first-order valence-electron chi connectivity index (χ1n) is 10.1. The Morgan fingerprint density at radius 3 is 2.07 bits per heavy atom. The van der Waals surface area contributed by atoms with Gasteiger partial charge >= 0.3 is 0 Å². The molecule has 1 aliphatic rings. The summed E-state index contributed by atoms with van der Waals surface area (Å²) in [4.78, 5) is 2.86. The zero-order valence-corrected chi connectivity index (χ0v) is 18.2. The van der Waals surface area contributed by atoms with Crippen LogP contribution in [-0.2, 0) is 16.4 Å². The van der Waals surface area contributed by atoms with Gasteiger partial charge in [-0.1, -0.05) is 36.4 Å². The standard InChI is InChI=1S/C23H32N2O2S/c1-18-6-5-16-25(18)17-15-19-7-9-20(10-8-19)21-11-13-22(14-12-21)28(26,27)24-23(2,3)4/h7-14,18,24H,5-6,15-17H2,1-4H3/t18-/m1/s1. The lowest BCUT2D eigenvalue weighted by atomic mass is 10.0. The molecule has 0 radical (unpaired) electrons. The van der Waals surface area contributed by atoms with Crippen LogP contribution in [0.1, 0.15) is 46.1 Å². The zero-order chi connectivity index (χ0) is 20.4. The van der Waals surface area contributed by atoms with Crippen molar-refractivity contribution < 1.29 is 8.42 Å². The highest BCUT2D eigenvalue weighted by Gasteiger charge is 2.22. The molecule has 0 aromatic heterocycles. The first-order chi connectivity index (χ1) is 13.1. The van der Waals surface area contributed by atoms with Crippen LogP contribution in [0, 0.1) is 0 Å². The van der Waals surface area contributed by atoms with Crippen molar-refractivity contribution in [3.05, 3.63) is 54.1 Å². The summed E-state index contributed by atoms with van der Waals surface area (Å²) in [6, 6.07) is 16.4. The molecule has 1 aliphatic heterocycles. The Morgan fingerprint density at radius 2 is 1.57 bits per heavy atom. The molecule has 2 aromatic carbocycles. The van der Waals surface area contributed by atoms with E-state index in [9.17, 15) is 8.42 Å². The molecule has 0 saturated carbocycles. The van der Waals surface area contributed by atoms with E-state index >= 15 is 0 Å². The molecule has 2 aromatic rings. The second kappa shape index (κ2) is 8.36. The smallest absolute Gasteiger partial charge is 0.241 e. The maximum Gasteiger partial charge on any atom is 0.241 e. The number of rotatable bonds is 6. The Kier molecular flexibility index (Phi) is 6.28. The van der Waals surface area contributed by atoms with Gasteiger partial charge in [-0.2, -0.15) is 0 Å². The van der Waals surface area contributed by atoms with Gasteiger partial charge in [-0.15, -0.1) is 0 Å². The fourth-order valence-electron chi connectivity index (χ4n) is 3.75. The van der Waals surface area contributed by atoms with Gasteiger partial charge in [0, 0.05) is 18.1 Å². The lowest BCUT2D eigenvalue weighted by molar-refractivity contribution is 0.272. The van der Waals surface area contributed by atoms with Crippen molar-refractivity contribution in [3.63, 3.8) is 0 Å². The summed E-state index contributed by atoms with van der Waals surface area (Å²) in [7, 11) is -3.50. The molecular weight excluding hydrogens is 368 g/mol. The Bertz CT molecular complexity index is 882. The van der Waals surface area contributed by atoms with E-state index in [2.05, 4.69) is 40.8 Å². The van der Waals surface area contributed by atoms with Gasteiger partial charge in [0.2, 0.25) is 10.0 Å². The van der Waals surface area contributed by atoms with E-state index < -0.39 is 15.6 Å². The molecular formula is C23H32N2O2S. The van der Waals surface area contributed by atoms with Crippen molar-refractivity contribution in [3.8, 4) is 11.1 Å². The molecule has 1 atom stereocenters. The van der Waals surface area contributed by atoms with Crippen LogP contribution in [0.3, 0.4) is 0 Å². The maximum absolute atomic E-state index is 12.4.